The Balaban J connectivity index is 1.72. The first-order chi connectivity index (χ1) is 15.6. The van der Waals surface area contributed by atoms with Crippen LogP contribution in [0.1, 0.15) is 46.8 Å². The van der Waals surface area contributed by atoms with Gasteiger partial charge in [0.2, 0.25) is 5.76 Å². The molecule has 0 saturated carbocycles. The van der Waals surface area contributed by atoms with E-state index >= 15 is 0 Å². The van der Waals surface area contributed by atoms with Crippen LogP contribution < -0.4 is 15.1 Å². The molecule has 0 saturated heterocycles. The van der Waals surface area contributed by atoms with E-state index in [1.54, 1.807) is 35.2 Å². The zero-order valence-corrected chi connectivity index (χ0v) is 17.9. The minimum absolute atomic E-state index is 0.0633. The number of anilines is 1. The number of hydrogen-bond donors (Lipinski definition) is 0. The van der Waals surface area contributed by atoms with Gasteiger partial charge in [-0.05, 0) is 55.3 Å². The highest BCUT2D eigenvalue weighted by Gasteiger charge is 2.44. The number of nitrogens with zero attached hydrogens (tertiary/aromatic N) is 2. The molecule has 1 amide bonds. The Morgan fingerprint density at radius 3 is 2.53 bits per heavy atom. The van der Waals surface area contributed by atoms with Crippen LogP contribution >= 0.6 is 0 Å². The Morgan fingerprint density at radius 2 is 1.78 bits per heavy atom. The predicted molar refractivity (Wildman–Crippen MR) is 122 cm³/mol. The maximum Gasteiger partial charge on any atom is 0.296 e. The van der Waals surface area contributed by atoms with Gasteiger partial charge in [0, 0.05) is 5.69 Å². The number of aromatic nitrogens is 1. The molecule has 32 heavy (non-hydrogen) atoms. The Hall–Kier alpha value is -3.93. The van der Waals surface area contributed by atoms with Crippen LogP contribution in [0, 0.1) is 6.92 Å². The van der Waals surface area contributed by atoms with E-state index in [1.807, 2.05) is 50.2 Å². The van der Waals surface area contributed by atoms with Crippen LogP contribution in [-0.2, 0) is 0 Å². The lowest BCUT2D eigenvalue weighted by atomic mass is 9.98. The van der Waals surface area contributed by atoms with Crippen LogP contribution in [0.3, 0.4) is 0 Å². The van der Waals surface area contributed by atoms with Gasteiger partial charge in [0.1, 0.15) is 17.2 Å². The highest BCUT2D eigenvalue weighted by Crippen LogP contribution is 2.40. The number of benzene rings is 2. The van der Waals surface area contributed by atoms with E-state index in [-0.39, 0.29) is 17.1 Å². The van der Waals surface area contributed by atoms with Gasteiger partial charge in [-0.15, -0.1) is 0 Å². The van der Waals surface area contributed by atoms with Crippen LogP contribution in [0.4, 0.5) is 5.82 Å². The van der Waals surface area contributed by atoms with Crippen molar-refractivity contribution in [2.24, 2.45) is 0 Å². The van der Waals surface area contributed by atoms with E-state index in [9.17, 15) is 9.59 Å². The second-order valence-electron chi connectivity index (χ2n) is 7.80. The number of pyridine rings is 1. The third-order valence-electron chi connectivity index (χ3n) is 5.57. The zero-order chi connectivity index (χ0) is 22.2. The Morgan fingerprint density at radius 1 is 1.00 bits per heavy atom. The van der Waals surface area contributed by atoms with Crippen LogP contribution in [0.2, 0.25) is 0 Å². The number of ether oxygens (including phenoxy) is 1. The summed E-state index contributed by atoms with van der Waals surface area (Å²) in [5, 5.41) is 0.450. The second-order valence-corrected chi connectivity index (χ2v) is 7.80. The first-order valence-corrected chi connectivity index (χ1v) is 10.6. The molecule has 4 aromatic rings. The Bertz CT molecular complexity index is 1370. The van der Waals surface area contributed by atoms with Crippen LogP contribution in [0.15, 0.2) is 75.9 Å². The highest BCUT2D eigenvalue weighted by molar-refractivity contribution is 6.10. The summed E-state index contributed by atoms with van der Waals surface area (Å²) in [5.74, 6) is 0.901. The molecule has 0 radical (unpaired) electrons. The Labute approximate surface area is 185 Å². The number of carbonyl (C=O) groups excluding carboxylic acids is 1. The number of para-hydroxylation sites is 1. The molecule has 2 aromatic heterocycles. The standard InChI is InChI=1S/C26H22N2O4/c1-3-15-31-18-13-11-17(12-14-18)23-22-24(29)19-8-4-5-9-20(19)32-25(22)26(30)28(23)21-10-6-7-16(2)27-21/h4-14,23H,3,15H2,1-2H3/t23-/m0/s1. The predicted octanol–water partition coefficient (Wildman–Crippen LogP) is 5.04. The molecule has 0 N–H and O–H groups in total. The summed E-state index contributed by atoms with van der Waals surface area (Å²) < 4.78 is 11.7. The normalized spacial score (nSPS) is 15.2. The SMILES string of the molecule is CCCOc1ccc([C@H]2c3c(oc4ccccc4c3=O)C(=O)N2c2cccc(C)n2)cc1. The maximum atomic E-state index is 13.5. The molecule has 2 aromatic carbocycles. The zero-order valence-electron chi connectivity index (χ0n) is 17.9. The van der Waals surface area contributed by atoms with Gasteiger partial charge in [0.15, 0.2) is 5.43 Å². The van der Waals surface area contributed by atoms with Crippen molar-refractivity contribution in [2.75, 3.05) is 11.5 Å². The number of carbonyl (C=O) groups is 1. The molecule has 6 heteroatoms. The van der Waals surface area contributed by atoms with Crippen molar-refractivity contribution in [3.8, 4) is 5.75 Å². The summed E-state index contributed by atoms with van der Waals surface area (Å²) >= 11 is 0. The molecular formula is C26H22N2O4. The van der Waals surface area contributed by atoms with E-state index in [0.29, 0.717) is 29.0 Å². The topological polar surface area (TPSA) is 72.6 Å². The molecule has 5 rings (SSSR count). The van der Waals surface area contributed by atoms with Crippen molar-refractivity contribution >= 4 is 22.7 Å². The van der Waals surface area contributed by atoms with E-state index in [4.69, 9.17) is 9.15 Å². The van der Waals surface area contributed by atoms with Crippen molar-refractivity contribution in [1.29, 1.82) is 0 Å². The van der Waals surface area contributed by atoms with Crippen LogP contribution in [-0.4, -0.2) is 17.5 Å². The fourth-order valence-electron chi connectivity index (χ4n) is 4.10. The van der Waals surface area contributed by atoms with Crippen LogP contribution in [0.5, 0.6) is 5.75 Å². The Kier molecular flexibility index (Phi) is 4.98. The molecule has 0 aliphatic carbocycles. The summed E-state index contributed by atoms with van der Waals surface area (Å²) in [6, 6.07) is 19.3. The number of amides is 1. The first-order valence-electron chi connectivity index (χ1n) is 10.6. The van der Waals surface area contributed by atoms with E-state index in [0.717, 1.165) is 23.4 Å². The molecule has 0 unspecified atom stereocenters. The minimum atomic E-state index is -0.645. The minimum Gasteiger partial charge on any atom is -0.494 e. The van der Waals surface area contributed by atoms with Gasteiger partial charge in [-0.1, -0.05) is 37.3 Å². The van der Waals surface area contributed by atoms with Gasteiger partial charge in [-0.3, -0.25) is 14.5 Å². The lowest BCUT2D eigenvalue weighted by Gasteiger charge is -2.24. The average molecular weight is 426 g/mol. The number of hydrogen-bond acceptors (Lipinski definition) is 5. The molecule has 1 aliphatic heterocycles. The van der Waals surface area contributed by atoms with Crippen molar-refractivity contribution in [3.05, 3.63) is 99.5 Å². The lowest BCUT2D eigenvalue weighted by molar-refractivity contribution is 0.0970. The molecule has 1 aliphatic rings. The average Bonchev–Trinajstić information content (AvgIpc) is 3.11. The molecule has 1 atom stereocenters. The van der Waals surface area contributed by atoms with E-state index < -0.39 is 6.04 Å². The number of rotatable bonds is 5. The molecular weight excluding hydrogens is 404 g/mol. The fraction of sp³-hybridized carbons (Fsp3) is 0.192. The van der Waals surface area contributed by atoms with E-state index in [2.05, 4.69) is 4.98 Å². The highest BCUT2D eigenvalue weighted by atomic mass is 16.5. The third kappa shape index (κ3) is 3.24. The fourth-order valence-corrected chi connectivity index (χ4v) is 4.10. The van der Waals surface area contributed by atoms with Crippen LogP contribution in [0.25, 0.3) is 11.0 Å². The van der Waals surface area contributed by atoms with Crippen molar-refractivity contribution in [2.45, 2.75) is 26.3 Å². The van der Waals surface area contributed by atoms with Crippen molar-refractivity contribution in [1.82, 2.24) is 4.98 Å². The monoisotopic (exact) mass is 426 g/mol. The molecule has 3 heterocycles. The van der Waals surface area contributed by atoms with Gasteiger partial charge < -0.3 is 9.15 Å². The molecule has 0 bridgehead atoms. The largest absolute Gasteiger partial charge is 0.494 e. The summed E-state index contributed by atoms with van der Waals surface area (Å²) in [5.41, 5.74) is 2.08. The van der Waals surface area contributed by atoms with Crippen molar-refractivity contribution in [3.63, 3.8) is 0 Å². The van der Waals surface area contributed by atoms with Gasteiger partial charge in [-0.2, -0.15) is 0 Å². The number of aryl methyl sites for hydroxylation is 1. The summed E-state index contributed by atoms with van der Waals surface area (Å²) in [4.78, 5) is 33.1. The summed E-state index contributed by atoms with van der Waals surface area (Å²) in [6.45, 7) is 4.54. The van der Waals surface area contributed by atoms with Gasteiger partial charge >= 0.3 is 0 Å². The smallest absolute Gasteiger partial charge is 0.296 e. The lowest BCUT2D eigenvalue weighted by Crippen LogP contribution is -2.30. The van der Waals surface area contributed by atoms with Gasteiger partial charge in [0.25, 0.3) is 5.91 Å². The van der Waals surface area contributed by atoms with Gasteiger partial charge in [-0.25, -0.2) is 4.98 Å². The summed E-state index contributed by atoms with van der Waals surface area (Å²) in [7, 11) is 0. The summed E-state index contributed by atoms with van der Waals surface area (Å²) in [6.07, 6.45) is 0.910. The number of fused-ring (bicyclic) bond motifs is 2. The quantitative estimate of drug-likeness (QED) is 0.447. The second kappa shape index (κ2) is 7.96. The van der Waals surface area contributed by atoms with Gasteiger partial charge in [0.05, 0.1) is 23.6 Å². The molecule has 0 fully saturated rings. The maximum absolute atomic E-state index is 13.5. The first kappa shape index (κ1) is 20.0. The van der Waals surface area contributed by atoms with Crippen molar-refractivity contribution < 1.29 is 13.9 Å². The molecule has 160 valence electrons. The molecule has 6 nitrogen and oxygen atoms in total. The van der Waals surface area contributed by atoms with E-state index in [1.165, 1.54) is 0 Å². The molecule has 0 spiro atoms. The third-order valence-corrected chi connectivity index (χ3v) is 5.57.